The standard InChI is InChI=1S/C19H19N3OS/c20-19(24)16-6-4-5-15(13-16)14-22-11-10-21-18(22)9-12-23-17-7-2-1-3-8-17/h1-8,10-11,13H,9,12,14H2,(H2,20,24). The van der Waals surface area contributed by atoms with E-state index in [0.717, 1.165) is 35.7 Å². The first kappa shape index (κ1) is 16.2. The number of hydrogen-bond acceptors (Lipinski definition) is 3. The number of thiocarbonyl (C=S) groups is 1. The van der Waals surface area contributed by atoms with Gasteiger partial charge in [-0.3, -0.25) is 0 Å². The van der Waals surface area contributed by atoms with E-state index in [2.05, 4.69) is 15.6 Å². The van der Waals surface area contributed by atoms with Crippen molar-refractivity contribution in [1.82, 2.24) is 9.55 Å². The van der Waals surface area contributed by atoms with Crippen molar-refractivity contribution >= 4 is 17.2 Å². The molecule has 0 radical (unpaired) electrons. The molecule has 2 N–H and O–H groups in total. The topological polar surface area (TPSA) is 53.1 Å². The first-order valence-corrected chi connectivity index (χ1v) is 8.20. The first-order chi connectivity index (χ1) is 11.7. The molecule has 0 atom stereocenters. The Morgan fingerprint density at radius 2 is 1.96 bits per heavy atom. The van der Waals surface area contributed by atoms with Crippen molar-refractivity contribution in [3.05, 3.63) is 83.9 Å². The van der Waals surface area contributed by atoms with Crippen LogP contribution in [-0.2, 0) is 13.0 Å². The SMILES string of the molecule is NC(=S)c1cccc(Cn2ccnc2CCOc2ccccc2)c1. The molecule has 3 rings (SSSR count). The van der Waals surface area contributed by atoms with E-state index in [1.807, 2.05) is 60.9 Å². The van der Waals surface area contributed by atoms with Gasteiger partial charge >= 0.3 is 0 Å². The molecule has 0 aliphatic heterocycles. The summed E-state index contributed by atoms with van der Waals surface area (Å²) < 4.78 is 7.87. The number of para-hydroxylation sites is 1. The molecule has 0 bridgehead atoms. The Morgan fingerprint density at radius 1 is 1.12 bits per heavy atom. The summed E-state index contributed by atoms with van der Waals surface area (Å²) in [4.78, 5) is 4.85. The molecule has 5 heteroatoms. The zero-order valence-electron chi connectivity index (χ0n) is 13.3. The third-order valence-electron chi connectivity index (χ3n) is 3.70. The maximum Gasteiger partial charge on any atom is 0.119 e. The van der Waals surface area contributed by atoms with Crippen molar-refractivity contribution in [3.8, 4) is 5.75 Å². The smallest absolute Gasteiger partial charge is 0.119 e. The number of imidazole rings is 1. The van der Waals surface area contributed by atoms with Gasteiger partial charge in [0.2, 0.25) is 0 Å². The first-order valence-electron chi connectivity index (χ1n) is 7.79. The van der Waals surface area contributed by atoms with Gasteiger partial charge in [-0.05, 0) is 23.8 Å². The zero-order valence-corrected chi connectivity index (χ0v) is 14.1. The number of aromatic nitrogens is 2. The molecule has 122 valence electrons. The van der Waals surface area contributed by atoms with Crippen LogP contribution in [-0.4, -0.2) is 21.1 Å². The molecule has 1 aromatic heterocycles. The molecule has 0 saturated heterocycles. The highest BCUT2D eigenvalue weighted by Crippen LogP contribution is 2.11. The quantitative estimate of drug-likeness (QED) is 0.673. The van der Waals surface area contributed by atoms with Gasteiger partial charge in [0.1, 0.15) is 16.6 Å². The molecule has 0 aliphatic rings. The summed E-state index contributed by atoms with van der Waals surface area (Å²) in [6, 6.07) is 17.8. The van der Waals surface area contributed by atoms with E-state index in [1.54, 1.807) is 0 Å². The third-order valence-corrected chi connectivity index (χ3v) is 3.94. The minimum Gasteiger partial charge on any atom is -0.493 e. The second-order valence-electron chi connectivity index (χ2n) is 5.45. The van der Waals surface area contributed by atoms with Gasteiger partial charge in [-0.25, -0.2) is 4.98 Å². The van der Waals surface area contributed by atoms with Crippen LogP contribution in [0.25, 0.3) is 0 Å². The molecule has 1 heterocycles. The van der Waals surface area contributed by atoms with Crippen molar-refractivity contribution in [1.29, 1.82) is 0 Å². The molecule has 0 saturated carbocycles. The molecular weight excluding hydrogens is 318 g/mol. The predicted molar refractivity (Wildman–Crippen MR) is 99.3 cm³/mol. The van der Waals surface area contributed by atoms with Crippen LogP contribution >= 0.6 is 12.2 Å². The Morgan fingerprint density at radius 3 is 2.75 bits per heavy atom. The second kappa shape index (κ2) is 7.75. The normalized spacial score (nSPS) is 10.5. The summed E-state index contributed by atoms with van der Waals surface area (Å²) in [5, 5.41) is 0. The van der Waals surface area contributed by atoms with Crippen LogP contribution in [0.4, 0.5) is 0 Å². The summed E-state index contributed by atoms with van der Waals surface area (Å²) in [7, 11) is 0. The number of nitrogens with zero attached hydrogens (tertiary/aromatic N) is 2. The maximum atomic E-state index is 5.75. The van der Waals surface area contributed by atoms with Gasteiger partial charge in [0.25, 0.3) is 0 Å². The van der Waals surface area contributed by atoms with E-state index >= 15 is 0 Å². The fourth-order valence-electron chi connectivity index (χ4n) is 2.51. The molecular formula is C19H19N3OS. The lowest BCUT2D eigenvalue weighted by Crippen LogP contribution is -2.11. The molecule has 2 aromatic carbocycles. The van der Waals surface area contributed by atoms with E-state index in [0.29, 0.717) is 11.6 Å². The van der Waals surface area contributed by atoms with Gasteiger partial charge in [-0.1, -0.05) is 48.6 Å². The average molecular weight is 337 g/mol. The van der Waals surface area contributed by atoms with Gasteiger partial charge in [0.15, 0.2) is 0 Å². The van der Waals surface area contributed by atoms with Crippen molar-refractivity contribution in [3.63, 3.8) is 0 Å². The highest BCUT2D eigenvalue weighted by atomic mass is 32.1. The van der Waals surface area contributed by atoms with Crippen molar-refractivity contribution < 1.29 is 4.74 Å². The van der Waals surface area contributed by atoms with Gasteiger partial charge in [-0.2, -0.15) is 0 Å². The maximum absolute atomic E-state index is 5.75. The van der Waals surface area contributed by atoms with Gasteiger partial charge in [0, 0.05) is 30.9 Å². The van der Waals surface area contributed by atoms with Crippen LogP contribution in [0.3, 0.4) is 0 Å². The lowest BCUT2D eigenvalue weighted by atomic mass is 10.1. The molecule has 0 spiro atoms. The third kappa shape index (κ3) is 4.20. The van der Waals surface area contributed by atoms with E-state index in [9.17, 15) is 0 Å². The van der Waals surface area contributed by atoms with Crippen LogP contribution in [0.2, 0.25) is 0 Å². The van der Waals surface area contributed by atoms with E-state index in [-0.39, 0.29) is 0 Å². The minimum atomic E-state index is 0.416. The Bertz CT molecular complexity index is 814. The molecule has 0 unspecified atom stereocenters. The molecule has 4 nitrogen and oxygen atoms in total. The highest BCUT2D eigenvalue weighted by Gasteiger charge is 2.05. The Balaban J connectivity index is 1.63. The molecule has 3 aromatic rings. The summed E-state index contributed by atoms with van der Waals surface area (Å²) in [5.74, 6) is 1.87. The number of ether oxygens (including phenoxy) is 1. The largest absolute Gasteiger partial charge is 0.493 e. The van der Waals surface area contributed by atoms with Crippen molar-refractivity contribution in [2.75, 3.05) is 6.61 Å². The van der Waals surface area contributed by atoms with Gasteiger partial charge in [0.05, 0.1) is 6.61 Å². The Kier molecular flexibility index (Phi) is 5.23. The van der Waals surface area contributed by atoms with Crippen LogP contribution in [0.5, 0.6) is 5.75 Å². The summed E-state index contributed by atoms with van der Waals surface area (Å²) in [6.07, 6.45) is 4.54. The Hall–Kier alpha value is -2.66. The summed E-state index contributed by atoms with van der Waals surface area (Å²) in [6.45, 7) is 1.32. The monoisotopic (exact) mass is 337 g/mol. The second-order valence-corrected chi connectivity index (χ2v) is 5.89. The summed E-state index contributed by atoms with van der Waals surface area (Å²) in [5.41, 5.74) is 7.73. The zero-order chi connectivity index (χ0) is 16.8. The number of benzene rings is 2. The fraction of sp³-hybridized carbons (Fsp3) is 0.158. The van der Waals surface area contributed by atoms with Crippen LogP contribution in [0.15, 0.2) is 67.0 Å². The Labute approximate surface area is 146 Å². The highest BCUT2D eigenvalue weighted by molar-refractivity contribution is 7.80. The molecule has 0 fully saturated rings. The van der Waals surface area contributed by atoms with Crippen LogP contribution < -0.4 is 10.5 Å². The van der Waals surface area contributed by atoms with E-state index in [4.69, 9.17) is 22.7 Å². The summed E-state index contributed by atoms with van der Waals surface area (Å²) >= 11 is 5.04. The van der Waals surface area contributed by atoms with Gasteiger partial charge in [-0.15, -0.1) is 0 Å². The number of nitrogens with two attached hydrogens (primary N) is 1. The number of rotatable bonds is 7. The van der Waals surface area contributed by atoms with Crippen LogP contribution in [0, 0.1) is 0 Å². The van der Waals surface area contributed by atoms with Crippen molar-refractivity contribution in [2.45, 2.75) is 13.0 Å². The molecule has 0 aliphatic carbocycles. The number of hydrogen-bond donors (Lipinski definition) is 1. The molecule has 24 heavy (non-hydrogen) atoms. The van der Waals surface area contributed by atoms with E-state index < -0.39 is 0 Å². The predicted octanol–water partition coefficient (Wildman–Crippen LogP) is 3.19. The van der Waals surface area contributed by atoms with Gasteiger partial charge < -0.3 is 15.0 Å². The minimum absolute atomic E-state index is 0.416. The average Bonchev–Trinajstić information content (AvgIpc) is 3.03. The van der Waals surface area contributed by atoms with Crippen molar-refractivity contribution in [2.24, 2.45) is 5.73 Å². The lowest BCUT2D eigenvalue weighted by Gasteiger charge is -2.10. The van der Waals surface area contributed by atoms with E-state index in [1.165, 1.54) is 0 Å². The lowest BCUT2D eigenvalue weighted by molar-refractivity contribution is 0.317. The van der Waals surface area contributed by atoms with Crippen LogP contribution in [0.1, 0.15) is 17.0 Å². The molecule has 0 amide bonds. The fourth-order valence-corrected chi connectivity index (χ4v) is 2.64.